The molecule has 0 saturated carbocycles. The highest BCUT2D eigenvalue weighted by molar-refractivity contribution is 7.11. The molecule has 3 N–H and O–H groups in total. The maximum Gasteiger partial charge on any atom is 0.224 e. The predicted octanol–water partition coefficient (Wildman–Crippen LogP) is 1.69. The van der Waals surface area contributed by atoms with E-state index in [2.05, 4.69) is 24.1 Å². The van der Waals surface area contributed by atoms with Gasteiger partial charge in [0, 0.05) is 17.6 Å². The molecule has 1 heterocycles. The summed E-state index contributed by atoms with van der Waals surface area (Å²) in [5.41, 5.74) is 5.62. The highest BCUT2D eigenvalue weighted by Crippen LogP contribution is 2.13. The zero-order valence-electron chi connectivity index (χ0n) is 10.7. The van der Waals surface area contributed by atoms with E-state index in [0.717, 1.165) is 16.3 Å². The van der Waals surface area contributed by atoms with Crippen LogP contribution in [0, 0.1) is 18.8 Å². The first-order valence-electron chi connectivity index (χ1n) is 5.92. The number of nitrogens with two attached hydrogens (primary N) is 1. The van der Waals surface area contributed by atoms with Crippen molar-refractivity contribution in [2.75, 3.05) is 6.54 Å². The molecule has 0 aliphatic heterocycles. The number of rotatable bonds is 6. The van der Waals surface area contributed by atoms with Gasteiger partial charge in [-0.25, -0.2) is 4.98 Å². The first kappa shape index (κ1) is 14.1. The summed E-state index contributed by atoms with van der Waals surface area (Å²) in [5, 5.41) is 3.84. The third-order valence-electron chi connectivity index (χ3n) is 2.49. The molecular formula is C12H21N3OS. The van der Waals surface area contributed by atoms with Gasteiger partial charge in [-0.2, -0.15) is 0 Å². The summed E-state index contributed by atoms with van der Waals surface area (Å²) < 4.78 is 0. The Bertz CT molecular complexity index is 362. The van der Waals surface area contributed by atoms with Crippen molar-refractivity contribution in [3.8, 4) is 0 Å². The minimum Gasteiger partial charge on any atom is -0.349 e. The van der Waals surface area contributed by atoms with Crippen LogP contribution in [0.4, 0.5) is 0 Å². The lowest BCUT2D eigenvalue weighted by Crippen LogP contribution is -2.35. The van der Waals surface area contributed by atoms with Crippen molar-refractivity contribution in [2.45, 2.75) is 33.7 Å². The van der Waals surface area contributed by atoms with Gasteiger partial charge in [0.2, 0.25) is 5.91 Å². The van der Waals surface area contributed by atoms with Gasteiger partial charge in [-0.1, -0.05) is 13.8 Å². The molecule has 0 bridgehead atoms. The molecule has 1 rings (SSSR count). The minimum absolute atomic E-state index is 0.0362. The average molecular weight is 255 g/mol. The standard InChI is InChI=1S/C12H21N3OS/c1-8(2)4-10(5-13)12(16)15-7-11-14-6-9(3)17-11/h6,8,10H,4-5,7,13H2,1-3H3,(H,15,16). The topological polar surface area (TPSA) is 68.0 Å². The number of aryl methyl sites for hydroxylation is 1. The molecule has 0 aliphatic rings. The number of nitrogens with zero attached hydrogens (tertiary/aromatic N) is 1. The van der Waals surface area contributed by atoms with Crippen molar-refractivity contribution >= 4 is 17.2 Å². The smallest absolute Gasteiger partial charge is 0.224 e. The number of hydrogen-bond acceptors (Lipinski definition) is 4. The van der Waals surface area contributed by atoms with Crippen LogP contribution in [0.15, 0.2) is 6.20 Å². The minimum atomic E-state index is -0.0870. The highest BCUT2D eigenvalue weighted by atomic mass is 32.1. The zero-order chi connectivity index (χ0) is 12.8. The molecule has 5 heteroatoms. The van der Waals surface area contributed by atoms with E-state index < -0.39 is 0 Å². The molecule has 0 spiro atoms. The lowest BCUT2D eigenvalue weighted by molar-refractivity contribution is -0.125. The monoisotopic (exact) mass is 255 g/mol. The van der Waals surface area contributed by atoms with Crippen LogP contribution in [0.1, 0.15) is 30.2 Å². The number of carbonyl (C=O) groups excluding carboxylic acids is 1. The van der Waals surface area contributed by atoms with Crippen LogP contribution in [-0.2, 0) is 11.3 Å². The molecule has 1 unspecified atom stereocenters. The summed E-state index contributed by atoms with van der Waals surface area (Å²) in [6.07, 6.45) is 2.65. The van der Waals surface area contributed by atoms with E-state index in [9.17, 15) is 4.79 Å². The molecule has 0 fully saturated rings. The number of aromatic nitrogens is 1. The molecular weight excluding hydrogens is 234 g/mol. The first-order valence-corrected chi connectivity index (χ1v) is 6.73. The van der Waals surface area contributed by atoms with Gasteiger partial charge in [-0.05, 0) is 19.3 Å². The fraction of sp³-hybridized carbons (Fsp3) is 0.667. The van der Waals surface area contributed by atoms with E-state index in [1.165, 1.54) is 0 Å². The molecule has 1 atom stereocenters. The van der Waals surface area contributed by atoms with Crippen molar-refractivity contribution in [1.29, 1.82) is 0 Å². The molecule has 0 aliphatic carbocycles. The Hall–Kier alpha value is -0.940. The Balaban J connectivity index is 2.42. The molecule has 1 aromatic rings. The van der Waals surface area contributed by atoms with Gasteiger partial charge >= 0.3 is 0 Å². The molecule has 17 heavy (non-hydrogen) atoms. The van der Waals surface area contributed by atoms with Crippen LogP contribution in [-0.4, -0.2) is 17.4 Å². The molecule has 1 aromatic heterocycles. The van der Waals surface area contributed by atoms with Crippen molar-refractivity contribution in [3.05, 3.63) is 16.1 Å². The van der Waals surface area contributed by atoms with Crippen LogP contribution in [0.25, 0.3) is 0 Å². The van der Waals surface area contributed by atoms with Crippen LogP contribution < -0.4 is 11.1 Å². The summed E-state index contributed by atoms with van der Waals surface area (Å²) in [5.74, 6) is 0.432. The first-order chi connectivity index (χ1) is 8.02. The third kappa shape index (κ3) is 4.83. The van der Waals surface area contributed by atoms with E-state index in [1.54, 1.807) is 11.3 Å². The van der Waals surface area contributed by atoms with Crippen LogP contribution >= 0.6 is 11.3 Å². The van der Waals surface area contributed by atoms with Crippen molar-refractivity contribution in [2.24, 2.45) is 17.6 Å². The maximum absolute atomic E-state index is 11.9. The van der Waals surface area contributed by atoms with Gasteiger partial charge in [0.1, 0.15) is 5.01 Å². The van der Waals surface area contributed by atoms with E-state index in [4.69, 9.17) is 5.73 Å². The van der Waals surface area contributed by atoms with Gasteiger partial charge in [0.15, 0.2) is 0 Å². The number of nitrogens with one attached hydrogen (secondary N) is 1. The fourth-order valence-corrected chi connectivity index (χ4v) is 2.40. The van der Waals surface area contributed by atoms with Gasteiger partial charge in [0.25, 0.3) is 0 Å². The van der Waals surface area contributed by atoms with Gasteiger partial charge in [0.05, 0.1) is 12.5 Å². The molecule has 0 radical (unpaired) electrons. The normalized spacial score (nSPS) is 12.8. The Labute approximate surface area is 107 Å². The van der Waals surface area contributed by atoms with Crippen molar-refractivity contribution < 1.29 is 4.79 Å². The number of hydrogen-bond donors (Lipinski definition) is 2. The van der Waals surface area contributed by atoms with Crippen molar-refractivity contribution in [3.63, 3.8) is 0 Å². The molecule has 96 valence electrons. The SMILES string of the molecule is Cc1cnc(CNC(=O)C(CN)CC(C)C)s1. The zero-order valence-corrected chi connectivity index (χ0v) is 11.5. The number of carbonyl (C=O) groups is 1. The van der Waals surface area contributed by atoms with Gasteiger partial charge in [-0.3, -0.25) is 4.79 Å². The van der Waals surface area contributed by atoms with Crippen LogP contribution in [0.5, 0.6) is 0 Å². The second-order valence-electron chi connectivity index (χ2n) is 4.64. The second-order valence-corrected chi connectivity index (χ2v) is 5.96. The lowest BCUT2D eigenvalue weighted by Gasteiger charge is -2.16. The summed E-state index contributed by atoms with van der Waals surface area (Å²) in [7, 11) is 0. The fourth-order valence-electron chi connectivity index (χ4n) is 1.67. The second kappa shape index (κ2) is 6.71. The van der Waals surface area contributed by atoms with Gasteiger partial charge < -0.3 is 11.1 Å². The number of thiazole rings is 1. The molecule has 4 nitrogen and oxygen atoms in total. The van der Waals surface area contributed by atoms with Crippen LogP contribution in [0.3, 0.4) is 0 Å². The lowest BCUT2D eigenvalue weighted by atomic mass is 9.96. The maximum atomic E-state index is 11.9. The Morgan fingerprint density at radius 2 is 2.29 bits per heavy atom. The quantitative estimate of drug-likeness (QED) is 0.813. The van der Waals surface area contributed by atoms with Crippen molar-refractivity contribution in [1.82, 2.24) is 10.3 Å². The highest BCUT2D eigenvalue weighted by Gasteiger charge is 2.17. The Morgan fingerprint density at radius 3 is 2.76 bits per heavy atom. The van der Waals surface area contributed by atoms with E-state index in [1.807, 2.05) is 13.1 Å². The summed E-state index contributed by atoms with van der Waals surface area (Å²) in [4.78, 5) is 17.2. The number of amides is 1. The van der Waals surface area contributed by atoms with Crippen LogP contribution in [0.2, 0.25) is 0 Å². The van der Waals surface area contributed by atoms with E-state index >= 15 is 0 Å². The molecule has 0 aromatic carbocycles. The summed E-state index contributed by atoms with van der Waals surface area (Å²) >= 11 is 1.61. The third-order valence-corrected chi connectivity index (χ3v) is 3.41. The molecule has 1 amide bonds. The van der Waals surface area contributed by atoms with Gasteiger partial charge in [-0.15, -0.1) is 11.3 Å². The Kier molecular flexibility index (Phi) is 5.58. The van der Waals surface area contributed by atoms with E-state index in [0.29, 0.717) is 19.0 Å². The Morgan fingerprint density at radius 1 is 1.59 bits per heavy atom. The predicted molar refractivity (Wildman–Crippen MR) is 70.7 cm³/mol. The average Bonchev–Trinajstić information content (AvgIpc) is 2.68. The van der Waals surface area contributed by atoms with E-state index in [-0.39, 0.29) is 11.8 Å². The summed E-state index contributed by atoms with van der Waals surface area (Å²) in [6.45, 7) is 7.11. The molecule has 0 saturated heterocycles. The largest absolute Gasteiger partial charge is 0.349 e. The summed E-state index contributed by atoms with van der Waals surface area (Å²) in [6, 6.07) is 0.